The van der Waals surface area contributed by atoms with Gasteiger partial charge in [0.1, 0.15) is 0 Å². The molecule has 0 atom stereocenters. The maximum absolute atomic E-state index is 12.8. The zero-order valence-corrected chi connectivity index (χ0v) is 25.8. The summed E-state index contributed by atoms with van der Waals surface area (Å²) in [6.45, 7) is 8.44. The first-order valence-electron chi connectivity index (χ1n) is 16.1. The highest BCUT2D eigenvalue weighted by atomic mass is 16.1. The summed E-state index contributed by atoms with van der Waals surface area (Å²) < 4.78 is 0. The van der Waals surface area contributed by atoms with Gasteiger partial charge in [0.15, 0.2) is 12.1 Å². The zero-order valence-electron chi connectivity index (χ0n) is 25.8. The Morgan fingerprint density at radius 2 is 1.24 bits per heavy atom. The predicted octanol–water partition coefficient (Wildman–Crippen LogP) is 9.95. The molecule has 0 spiro atoms. The van der Waals surface area contributed by atoms with Gasteiger partial charge < -0.3 is 5.73 Å². The third kappa shape index (κ3) is 5.22. The Morgan fingerprint density at radius 3 is 1.81 bits per heavy atom. The Balaban J connectivity index is 0.000000343. The number of benzene rings is 5. The Hall–Kier alpha value is -3.30. The van der Waals surface area contributed by atoms with Crippen LogP contribution in [0.15, 0.2) is 48.5 Å². The van der Waals surface area contributed by atoms with Crippen molar-refractivity contribution in [1.82, 2.24) is 0 Å². The lowest BCUT2D eigenvalue weighted by molar-refractivity contribution is 0.101. The van der Waals surface area contributed by atoms with Gasteiger partial charge in [0.25, 0.3) is 0 Å². The average molecular weight is 560 g/mol. The molecular weight excluding hydrogens is 514 g/mol. The van der Waals surface area contributed by atoms with Gasteiger partial charge in [-0.2, -0.15) is 0 Å². The minimum atomic E-state index is 0.123. The van der Waals surface area contributed by atoms with E-state index in [4.69, 9.17) is 5.73 Å². The second-order valence-electron chi connectivity index (χ2n) is 13.6. The number of aryl methyl sites for hydroxylation is 1. The first kappa shape index (κ1) is 28.8. The van der Waals surface area contributed by atoms with Crippen molar-refractivity contribution in [3.8, 4) is 0 Å². The molecule has 0 aliphatic heterocycles. The van der Waals surface area contributed by atoms with E-state index in [0.29, 0.717) is 12.0 Å². The second kappa shape index (κ2) is 11.8. The number of Topliss-reactive ketones (excluding diaryl/α,β-unsaturated/α-hetero) is 1. The van der Waals surface area contributed by atoms with Gasteiger partial charge in [0.2, 0.25) is 0 Å². The smallest absolute Gasteiger partial charge is 0.160 e. The van der Waals surface area contributed by atoms with E-state index in [1.54, 1.807) is 6.92 Å². The van der Waals surface area contributed by atoms with Crippen molar-refractivity contribution < 1.29 is 9.59 Å². The molecule has 42 heavy (non-hydrogen) atoms. The number of fused-ring (bicyclic) bond motifs is 2. The summed E-state index contributed by atoms with van der Waals surface area (Å²) in [7, 11) is 0. The van der Waals surface area contributed by atoms with Crippen LogP contribution in [0.2, 0.25) is 0 Å². The molecule has 2 N–H and O–H groups in total. The molecule has 0 saturated heterocycles. The van der Waals surface area contributed by atoms with Crippen LogP contribution in [0.3, 0.4) is 0 Å². The average Bonchev–Trinajstić information content (AvgIpc) is 2.99. The number of rotatable bonds is 4. The number of aldehydes is 1. The molecule has 218 valence electrons. The lowest BCUT2D eigenvalue weighted by Crippen LogP contribution is -2.25. The summed E-state index contributed by atoms with van der Waals surface area (Å²) in [5.74, 6) is 2.58. The molecule has 2 saturated carbocycles. The maximum atomic E-state index is 12.8. The fourth-order valence-electron chi connectivity index (χ4n) is 7.85. The first-order chi connectivity index (χ1) is 20.3. The monoisotopic (exact) mass is 559 g/mol. The molecule has 3 heteroatoms. The van der Waals surface area contributed by atoms with Gasteiger partial charge in [0.05, 0.1) is 0 Å². The van der Waals surface area contributed by atoms with Gasteiger partial charge in [-0.15, -0.1) is 0 Å². The Labute approximate surface area is 250 Å². The summed E-state index contributed by atoms with van der Waals surface area (Å²) in [6, 6.07) is 17.5. The van der Waals surface area contributed by atoms with Crippen molar-refractivity contribution >= 4 is 55.2 Å². The van der Waals surface area contributed by atoms with E-state index in [9.17, 15) is 9.59 Å². The van der Waals surface area contributed by atoms with Crippen LogP contribution in [-0.2, 0) is 6.42 Å². The van der Waals surface area contributed by atoms with E-state index in [-0.39, 0.29) is 5.78 Å². The molecule has 0 amide bonds. The van der Waals surface area contributed by atoms with Gasteiger partial charge in [-0.1, -0.05) is 75.2 Å². The van der Waals surface area contributed by atoms with Crippen LogP contribution in [0.1, 0.15) is 104 Å². The first-order valence-corrected chi connectivity index (χ1v) is 16.1. The molecule has 3 nitrogen and oxygen atoms in total. The third-order valence-electron chi connectivity index (χ3n) is 10.4. The highest BCUT2D eigenvalue weighted by molar-refractivity contribution is 6.35. The van der Waals surface area contributed by atoms with E-state index in [0.717, 1.165) is 68.2 Å². The number of ketones is 1. The maximum Gasteiger partial charge on any atom is 0.160 e. The van der Waals surface area contributed by atoms with Crippen molar-refractivity contribution in [2.24, 2.45) is 23.5 Å². The summed E-state index contributed by atoms with van der Waals surface area (Å²) in [4.78, 5) is 24.7. The van der Waals surface area contributed by atoms with Crippen LogP contribution in [0.4, 0.5) is 0 Å². The Bertz CT molecular complexity index is 1740. The molecule has 7 rings (SSSR count). The molecule has 0 aromatic heterocycles. The Kier molecular flexibility index (Phi) is 8.07. The van der Waals surface area contributed by atoms with Crippen molar-refractivity contribution in [2.75, 3.05) is 0 Å². The summed E-state index contributed by atoms with van der Waals surface area (Å²) in [5, 5.41) is 9.21. The molecule has 2 aliphatic carbocycles. The standard InChI is InChI=1S/C32H30O2.C7H15N/c1-18-4-7-21(8-5-18)16-22-9-12-27-26-13-10-23(17-33)29-19(2)6-11-25(31(26)29)28-15-14-24(20(3)34)30(22)32(27)28;1-6-2-4-7(8)5-3-6/h6,9-15,17-18,21H,4-5,7-8,16H2,1-3H3;6-7H,2-5,8H2,1H3. The SMILES string of the molecule is CC(=O)c1ccc2c3ccc(C)c4c(C=O)ccc(c5ccc(CC6CCC(C)CC6)c1c52)c43.CC1CCC(N)CC1. The van der Waals surface area contributed by atoms with Gasteiger partial charge in [-0.05, 0) is 131 Å². The van der Waals surface area contributed by atoms with Gasteiger partial charge in [0, 0.05) is 17.2 Å². The Morgan fingerprint density at radius 1 is 0.714 bits per heavy atom. The van der Waals surface area contributed by atoms with E-state index >= 15 is 0 Å². The number of carbonyl (C=O) groups is 2. The predicted molar refractivity (Wildman–Crippen MR) is 178 cm³/mol. The highest BCUT2D eigenvalue weighted by Gasteiger charge is 2.23. The lowest BCUT2D eigenvalue weighted by atomic mass is 9.78. The summed E-state index contributed by atoms with van der Waals surface area (Å²) in [5.41, 5.74) is 9.69. The van der Waals surface area contributed by atoms with Crippen LogP contribution >= 0.6 is 0 Å². The molecule has 0 bridgehead atoms. The van der Waals surface area contributed by atoms with E-state index < -0.39 is 0 Å². The molecule has 5 aromatic rings. The normalized spacial score (nSPS) is 22.9. The highest BCUT2D eigenvalue weighted by Crippen LogP contribution is 2.44. The molecule has 2 aliphatic rings. The van der Waals surface area contributed by atoms with Crippen molar-refractivity contribution in [3.05, 3.63) is 70.8 Å². The minimum absolute atomic E-state index is 0.123. The number of nitrogens with two attached hydrogens (primary N) is 1. The van der Waals surface area contributed by atoms with Crippen LogP contribution in [0.25, 0.3) is 43.1 Å². The fourth-order valence-corrected chi connectivity index (χ4v) is 7.85. The van der Waals surface area contributed by atoms with E-state index in [1.165, 1.54) is 73.1 Å². The van der Waals surface area contributed by atoms with Crippen LogP contribution in [-0.4, -0.2) is 18.1 Å². The molecule has 0 radical (unpaired) electrons. The summed E-state index contributed by atoms with van der Waals surface area (Å²) >= 11 is 0. The molecule has 0 heterocycles. The fraction of sp³-hybridized carbons (Fsp3) is 0.436. The second-order valence-corrected chi connectivity index (χ2v) is 13.6. The van der Waals surface area contributed by atoms with E-state index in [1.807, 2.05) is 12.1 Å². The number of hydrogen-bond acceptors (Lipinski definition) is 3. The topological polar surface area (TPSA) is 60.2 Å². The molecular formula is C39H45NO2. The quantitative estimate of drug-likeness (QED) is 0.103. The molecule has 0 unspecified atom stereocenters. The third-order valence-corrected chi connectivity index (χ3v) is 10.4. The lowest BCUT2D eigenvalue weighted by Gasteiger charge is -2.27. The van der Waals surface area contributed by atoms with Crippen LogP contribution in [0.5, 0.6) is 0 Å². The van der Waals surface area contributed by atoms with Crippen LogP contribution in [0, 0.1) is 24.7 Å². The number of carbonyl (C=O) groups excluding carboxylic acids is 2. The molecule has 2 fully saturated rings. The number of hydrogen-bond donors (Lipinski definition) is 1. The molecule has 5 aromatic carbocycles. The van der Waals surface area contributed by atoms with Crippen molar-refractivity contribution in [2.45, 2.75) is 91.5 Å². The summed E-state index contributed by atoms with van der Waals surface area (Å²) in [6.07, 6.45) is 12.4. The minimum Gasteiger partial charge on any atom is -0.328 e. The van der Waals surface area contributed by atoms with Gasteiger partial charge in [-0.25, -0.2) is 0 Å². The van der Waals surface area contributed by atoms with Gasteiger partial charge >= 0.3 is 0 Å². The van der Waals surface area contributed by atoms with Crippen molar-refractivity contribution in [3.63, 3.8) is 0 Å². The van der Waals surface area contributed by atoms with E-state index in [2.05, 4.69) is 57.2 Å². The largest absolute Gasteiger partial charge is 0.328 e. The van der Waals surface area contributed by atoms with Crippen LogP contribution < -0.4 is 5.73 Å². The van der Waals surface area contributed by atoms with Crippen molar-refractivity contribution in [1.29, 1.82) is 0 Å². The zero-order chi connectivity index (χ0) is 29.5. The van der Waals surface area contributed by atoms with Gasteiger partial charge in [-0.3, -0.25) is 9.59 Å².